The molecule has 0 aliphatic carbocycles. The lowest BCUT2D eigenvalue weighted by Gasteiger charge is -2.31. The van der Waals surface area contributed by atoms with Crippen LogP contribution in [0.2, 0.25) is 0 Å². The van der Waals surface area contributed by atoms with E-state index in [1.54, 1.807) is 0 Å². The first kappa shape index (κ1) is 16.6. The number of nitriles is 1. The molecule has 4 nitrogen and oxygen atoms in total. The van der Waals surface area contributed by atoms with Crippen molar-refractivity contribution in [3.8, 4) is 6.07 Å². The Morgan fingerprint density at radius 1 is 1.12 bits per heavy atom. The van der Waals surface area contributed by atoms with E-state index in [2.05, 4.69) is 22.0 Å². The third-order valence-electron chi connectivity index (χ3n) is 4.54. The zero-order valence-electron chi connectivity index (χ0n) is 13.9. The maximum Gasteiger partial charge on any atom is 0.0991 e. The summed E-state index contributed by atoms with van der Waals surface area (Å²) in [5, 5.41) is 8.80. The van der Waals surface area contributed by atoms with Crippen LogP contribution in [0.3, 0.4) is 0 Å². The van der Waals surface area contributed by atoms with E-state index in [0.29, 0.717) is 18.1 Å². The van der Waals surface area contributed by atoms with Crippen LogP contribution in [-0.2, 0) is 17.9 Å². The molecule has 0 spiro atoms. The maximum atomic E-state index is 8.80. The number of piperidine rings is 1. The fraction of sp³-hybridized carbons (Fsp3) is 0.400. The number of aromatic nitrogens is 1. The summed E-state index contributed by atoms with van der Waals surface area (Å²) in [6.45, 7) is 4.69. The van der Waals surface area contributed by atoms with Gasteiger partial charge in [0.25, 0.3) is 0 Å². The second kappa shape index (κ2) is 8.58. The largest absolute Gasteiger partial charge is 0.376 e. The van der Waals surface area contributed by atoms with E-state index >= 15 is 0 Å². The minimum Gasteiger partial charge on any atom is -0.376 e. The molecule has 1 aromatic heterocycles. The molecule has 0 amide bonds. The number of hydrogen-bond acceptors (Lipinski definition) is 4. The Morgan fingerprint density at radius 2 is 1.92 bits per heavy atom. The standard InChI is InChI=1S/C20H23N3O/c21-12-17-3-5-18(6-4-17)15-24-16-19-7-10-23(11-8-19)14-20-2-1-9-22-13-20/h1-6,9,13,19H,7-8,10-11,14-16H2. The van der Waals surface area contributed by atoms with Gasteiger partial charge in [0.15, 0.2) is 0 Å². The van der Waals surface area contributed by atoms with Gasteiger partial charge in [0.05, 0.1) is 18.2 Å². The topological polar surface area (TPSA) is 49.1 Å². The fourth-order valence-electron chi connectivity index (χ4n) is 3.08. The SMILES string of the molecule is N#Cc1ccc(COCC2CCN(Cc3cccnc3)CC2)cc1. The summed E-state index contributed by atoms with van der Waals surface area (Å²) in [6, 6.07) is 13.9. The molecule has 0 atom stereocenters. The molecule has 0 bridgehead atoms. The van der Waals surface area contributed by atoms with E-state index in [4.69, 9.17) is 10.00 Å². The van der Waals surface area contributed by atoms with Crippen LogP contribution >= 0.6 is 0 Å². The number of rotatable bonds is 6. The van der Waals surface area contributed by atoms with Crippen molar-refractivity contribution < 1.29 is 4.74 Å². The predicted octanol–water partition coefficient (Wildman–Crippen LogP) is 3.38. The van der Waals surface area contributed by atoms with E-state index in [1.165, 1.54) is 18.4 Å². The number of benzene rings is 1. The average molecular weight is 321 g/mol. The molecule has 1 saturated heterocycles. The van der Waals surface area contributed by atoms with Crippen LogP contribution in [0.4, 0.5) is 0 Å². The van der Waals surface area contributed by atoms with Crippen LogP contribution < -0.4 is 0 Å². The molecule has 4 heteroatoms. The van der Waals surface area contributed by atoms with Gasteiger partial charge in [0, 0.05) is 25.5 Å². The van der Waals surface area contributed by atoms with E-state index in [-0.39, 0.29) is 0 Å². The Kier molecular flexibility index (Phi) is 5.95. The lowest BCUT2D eigenvalue weighted by molar-refractivity contribution is 0.0562. The lowest BCUT2D eigenvalue weighted by Crippen LogP contribution is -2.34. The molecule has 3 rings (SSSR count). The van der Waals surface area contributed by atoms with Crippen molar-refractivity contribution in [3.63, 3.8) is 0 Å². The Balaban J connectivity index is 1.35. The molecule has 0 unspecified atom stereocenters. The highest BCUT2D eigenvalue weighted by Gasteiger charge is 2.19. The predicted molar refractivity (Wildman–Crippen MR) is 93.1 cm³/mol. The molecule has 0 radical (unpaired) electrons. The van der Waals surface area contributed by atoms with Gasteiger partial charge in [-0.15, -0.1) is 0 Å². The highest BCUT2D eigenvalue weighted by molar-refractivity contribution is 5.31. The van der Waals surface area contributed by atoms with Crippen LogP contribution in [0, 0.1) is 17.2 Å². The Morgan fingerprint density at radius 3 is 2.58 bits per heavy atom. The van der Waals surface area contributed by atoms with Gasteiger partial charge in [-0.1, -0.05) is 18.2 Å². The first-order valence-corrected chi connectivity index (χ1v) is 8.51. The first-order chi connectivity index (χ1) is 11.8. The molecule has 24 heavy (non-hydrogen) atoms. The van der Waals surface area contributed by atoms with Crippen molar-refractivity contribution >= 4 is 0 Å². The summed E-state index contributed by atoms with van der Waals surface area (Å²) < 4.78 is 5.87. The number of hydrogen-bond donors (Lipinski definition) is 0. The Bertz CT molecular complexity index is 656. The molecular formula is C20H23N3O. The van der Waals surface area contributed by atoms with Gasteiger partial charge in [-0.25, -0.2) is 0 Å². The second-order valence-corrected chi connectivity index (χ2v) is 6.40. The lowest BCUT2D eigenvalue weighted by atomic mass is 9.97. The molecule has 0 N–H and O–H groups in total. The molecular weight excluding hydrogens is 298 g/mol. The summed E-state index contributed by atoms with van der Waals surface area (Å²) in [4.78, 5) is 6.67. The third kappa shape index (κ3) is 4.89. The highest BCUT2D eigenvalue weighted by Crippen LogP contribution is 2.19. The van der Waals surface area contributed by atoms with Crippen molar-refractivity contribution in [2.75, 3.05) is 19.7 Å². The maximum absolute atomic E-state index is 8.80. The minimum absolute atomic E-state index is 0.627. The summed E-state index contributed by atoms with van der Waals surface area (Å²) in [7, 11) is 0. The van der Waals surface area contributed by atoms with Crippen molar-refractivity contribution in [1.82, 2.24) is 9.88 Å². The Labute approximate surface area is 143 Å². The third-order valence-corrected chi connectivity index (χ3v) is 4.54. The number of pyridine rings is 1. The normalized spacial score (nSPS) is 16.0. The van der Waals surface area contributed by atoms with E-state index < -0.39 is 0 Å². The van der Waals surface area contributed by atoms with Crippen molar-refractivity contribution in [1.29, 1.82) is 5.26 Å². The van der Waals surface area contributed by atoms with Crippen molar-refractivity contribution in [2.45, 2.75) is 26.0 Å². The van der Waals surface area contributed by atoms with Gasteiger partial charge in [0.2, 0.25) is 0 Å². The van der Waals surface area contributed by atoms with Gasteiger partial charge in [-0.2, -0.15) is 5.26 Å². The van der Waals surface area contributed by atoms with E-state index in [1.807, 2.05) is 42.7 Å². The summed E-state index contributed by atoms with van der Waals surface area (Å²) >= 11 is 0. The van der Waals surface area contributed by atoms with E-state index in [0.717, 1.165) is 31.8 Å². The van der Waals surface area contributed by atoms with Gasteiger partial charge in [-0.3, -0.25) is 9.88 Å². The van der Waals surface area contributed by atoms with Gasteiger partial charge in [-0.05, 0) is 61.2 Å². The first-order valence-electron chi connectivity index (χ1n) is 8.51. The van der Waals surface area contributed by atoms with Crippen molar-refractivity contribution in [3.05, 3.63) is 65.5 Å². The Hall–Kier alpha value is -2.22. The smallest absolute Gasteiger partial charge is 0.0991 e. The van der Waals surface area contributed by atoms with Gasteiger partial charge in [0.1, 0.15) is 0 Å². The molecule has 2 heterocycles. The molecule has 124 valence electrons. The molecule has 1 fully saturated rings. The summed E-state index contributed by atoms with van der Waals surface area (Å²) in [5.74, 6) is 0.647. The van der Waals surface area contributed by atoms with Crippen LogP contribution in [0.15, 0.2) is 48.8 Å². The number of likely N-dealkylation sites (tertiary alicyclic amines) is 1. The average Bonchev–Trinajstić information content (AvgIpc) is 2.65. The molecule has 1 aliphatic rings. The summed E-state index contributed by atoms with van der Waals surface area (Å²) in [5.41, 5.74) is 3.11. The summed E-state index contributed by atoms with van der Waals surface area (Å²) in [6.07, 6.45) is 6.15. The number of ether oxygens (including phenoxy) is 1. The second-order valence-electron chi connectivity index (χ2n) is 6.40. The zero-order chi connectivity index (χ0) is 16.6. The molecule has 1 aliphatic heterocycles. The molecule has 0 saturated carbocycles. The van der Waals surface area contributed by atoms with E-state index in [9.17, 15) is 0 Å². The van der Waals surface area contributed by atoms with Crippen LogP contribution in [0.5, 0.6) is 0 Å². The van der Waals surface area contributed by atoms with Gasteiger partial charge >= 0.3 is 0 Å². The number of nitrogens with zero attached hydrogens (tertiary/aromatic N) is 3. The van der Waals surface area contributed by atoms with Crippen LogP contribution in [0.1, 0.15) is 29.5 Å². The molecule has 2 aromatic rings. The van der Waals surface area contributed by atoms with Crippen molar-refractivity contribution in [2.24, 2.45) is 5.92 Å². The fourth-order valence-corrected chi connectivity index (χ4v) is 3.08. The minimum atomic E-state index is 0.627. The zero-order valence-corrected chi connectivity index (χ0v) is 13.9. The monoisotopic (exact) mass is 321 g/mol. The quantitative estimate of drug-likeness (QED) is 0.818. The van der Waals surface area contributed by atoms with Crippen LogP contribution in [0.25, 0.3) is 0 Å². The van der Waals surface area contributed by atoms with Gasteiger partial charge < -0.3 is 4.74 Å². The molecule has 1 aromatic carbocycles. The highest BCUT2D eigenvalue weighted by atomic mass is 16.5. The van der Waals surface area contributed by atoms with Crippen LogP contribution in [-0.4, -0.2) is 29.6 Å².